The quantitative estimate of drug-likeness (QED) is 0.357. The van der Waals surface area contributed by atoms with Gasteiger partial charge in [0.15, 0.2) is 0 Å². The third-order valence-electron chi connectivity index (χ3n) is 3.60. The Morgan fingerprint density at radius 3 is 2.76 bits per heavy atom. The molecule has 0 unspecified atom stereocenters. The molecule has 7 heteroatoms. The molecule has 1 aromatic carbocycles. The van der Waals surface area contributed by atoms with Crippen molar-refractivity contribution >= 4 is 17.3 Å². The lowest BCUT2D eigenvalue weighted by molar-refractivity contribution is -0.385. The van der Waals surface area contributed by atoms with Gasteiger partial charge >= 0.3 is 0 Å². The number of hydrogen-bond acceptors (Lipinski definition) is 5. The average Bonchev–Trinajstić information content (AvgIpc) is 2.96. The number of carbonyl (C=O) groups is 1. The normalized spacial score (nSPS) is 15.0. The highest BCUT2D eigenvalue weighted by Crippen LogP contribution is 2.21. The van der Waals surface area contributed by atoms with Crippen molar-refractivity contribution in [2.75, 3.05) is 31.9 Å². The van der Waals surface area contributed by atoms with Crippen LogP contribution in [0.5, 0.6) is 0 Å². The molecule has 0 radical (unpaired) electrons. The van der Waals surface area contributed by atoms with Crippen molar-refractivity contribution in [1.29, 1.82) is 0 Å². The summed E-state index contributed by atoms with van der Waals surface area (Å²) in [7, 11) is 0. The molecule has 0 spiro atoms. The largest absolute Gasteiger partial charge is 0.399 e. The van der Waals surface area contributed by atoms with Crippen LogP contribution in [0.3, 0.4) is 0 Å². The highest BCUT2D eigenvalue weighted by molar-refractivity contribution is 5.99. The standard InChI is InChI=1S/C14H20N4O3/c15-11-4-5-13(18(20)21)12(10-11)14(19)16-6-3-9-17-7-1-2-8-17/h4-5,10H,1-3,6-9,15H2,(H,16,19). The summed E-state index contributed by atoms with van der Waals surface area (Å²) in [6.07, 6.45) is 3.31. The maximum absolute atomic E-state index is 12.0. The first-order valence-corrected chi connectivity index (χ1v) is 7.12. The van der Waals surface area contributed by atoms with Crippen LogP contribution in [0.15, 0.2) is 18.2 Å². The fourth-order valence-corrected chi connectivity index (χ4v) is 2.50. The minimum atomic E-state index is -0.571. The summed E-state index contributed by atoms with van der Waals surface area (Å²) < 4.78 is 0. The first kappa shape index (κ1) is 15.2. The molecule has 114 valence electrons. The van der Waals surface area contributed by atoms with Crippen LogP contribution in [-0.2, 0) is 0 Å². The number of rotatable bonds is 6. The number of amides is 1. The van der Waals surface area contributed by atoms with Crippen molar-refractivity contribution < 1.29 is 9.72 Å². The minimum absolute atomic E-state index is 0.0150. The van der Waals surface area contributed by atoms with Crippen LogP contribution in [0.25, 0.3) is 0 Å². The van der Waals surface area contributed by atoms with E-state index in [-0.39, 0.29) is 11.3 Å². The van der Waals surface area contributed by atoms with Crippen molar-refractivity contribution in [3.05, 3.63) is 33.9 Å². The molecule has 2 rings (SSSR count). The van der Waals surface area contributed by atoms with Gasteiger partial charge in [0.05, 0.1) is 4.92 Å². The van der Waals surface area contributed by atoms with E-state index in [0.717, 1.165) is 26.1 Å². The van der Waals surface area contributed by atoms with Crippen LogP contribution >= 0.6 is 0 Å². The van der Waals surface area contributed by atoms with E-state index in [1.165, 1.54) is 31.0 Å². The lowest BCUT2D eigenvalue weighted by atomic mass is 10.1. The van der Waals surface area contributed by atoms with Gasteiger partial charge in [0, 0.05) is 18.3 Å². The molecular formula is C14H20N4O3. The van der Waals surface area contributed by atoms with Crippen molar-refractivity contribution in [2.45, 2.75) is 19.3 Å². The fourth-order valence-electron chi connectivity index (χ4n) is 2.50. The molecule has 21 heavy (non-hydrogen) atoms. The smallest absolute Gasteiger partial charge is 0.282 e. The van der Waals surface area contributed by atoms with Crippen LogP contribution in [0.4, 0.5) is 11.4 Å². The van der Waals surface area contributed by atoms with Gasteiger partial charge < -0.3 is 16.0 Å². The molecular weight excluding hydrogens is 272 g/mol. The molecule has 3 N–H and O–H groups in total. The number of benzene rings is 1. The van der Waals surface area contributed by atoms with Gasteiger partial charge in [-0.25, -0.2) is 0 Å². The average molecular weight is 292 g/mol. The van der Waals surface area contributed by atoms with Crippen molar-refractivity contribution in [3.63, 3.8) is 0 Å². The van der Waals surface area contributed by atoms with E-state index in [1.807, 2.05) is 0 Å². The van der Waals surface area contributed by atoms with E-state index in [0.29, 0.717) is 12.2 Å². The van der Waals surface area contributed by atoms with E-state index >= 15 is 0 Å². The van der Waals surface area contributed by atoms with Crippen LogP contribution in [0, 0.1) is 10.1 Å². The Hall–Kier alpha value is -2.15. The third kappa shape index (κ3) is 4.16. The van der Waals surface area contributed by atoms with Gasteiger partial charge in [-0.15, -0.1) is 0 Å². The number of anilines is 1. The molecule has 1 heterocycles. The van der Waals surface area contributed by atoms with Crippen molar-refractivity contribution in [1.82, 2.24) is 10.2 Å². The fraction of sp³-hybridized carbons (Fsp3) is 0.500. The van der Waals surface area contributed by atoms with Gasteiger partial charge in [-0.05, 0) is 51.0 Å². The first-order chi connectivity index (χ1) is 10.1. The summed E-state index contributed by atoms with van der Waals surface area (Å²) in [5, 5.41) is 13.6. The van der Waals surface area contributed by atoms with Crippen LogP contribution < -0.4 is 11.1 Å². The van der Waals surface area contributed by atoms with Gasteiger partial charge in [0.1, 0.15) is 5.56 Å². The highest BCUT2D eigenvalue weighted by atomic mass is 16.6. The zero-order valence-corrected chi connectivity index (χ0v) is 11.9. The number of hydrogen-bond donors (Lipinski definition) is 2. The Bertz CT molecular complexity index is 527. The molecule has 0 atom stereocenters. The summed E-state index contributed by atoms with van der Waals surface area (Å²) in [6.45, 7) is 3.68. The third-order valence-corrected chi connectivity index (χ3v) is 3.60. The Morgan fingerprint density at radius 2 is 2.10 bits per heavy atom. The second kappa shape index (κ2) is 7.03. The summed E-state index contributed by atoms with van der Waals surface area (Å²) in [4.78, 5) is 24.7. The summed E-state index contributed by atoms with van der Waals surface area (Å²) in [6, 6.07) is 4.02. The Kier molecular flexibility index (Phi) is 5.10. The van der Waals surface area contributed by atoms with E-state index in [2.05, 4.69) is 10.2 Å². The second-order valence-corrected chi connectivity index (χ2v) is 5.19. The lowest BCUT2D eigenvalue weighted by Gasteiger charge is -2.14. The lowest BCUT2D eigenvalue weighted by Crippen LogP contribution is -2.29. The predicted molar refractivity (Wildman–Crippen MR) is 80.1 cm³/mol. The number of likely N-dealkylation sites (tertiary alicyclic amines) is 1. The van der Waals surface area contributed by atoms with E-state index in [4.69, 9.17) is 5.73 Å². The van der Waals surface area contributed by atoms with E-state index < -0.39 is 10.8 Å². The molecule has 0 bridgehead atoms. The monoisotopic (exact) mass is 292 g/mol. The Labute approximate surface area is 123 Å². The summed E-state index contributed by atoms with van der Waals surface area (Å²) >= 11 is 0. The molecule has 0 aliphatic carbocycles. The number of nitrogen functional groups attached to an aromatic ring is 1. The first-order valence-electron chi connectivity index (χ1n) is 7.12. The maximum Gasteiger partial charge on any atom is 0.282 e. The summed E-state index contributed by atoms with van der Waals surface area (Å²) in [5.74, 6) is -0.449. The van der Waals surface area contributed by atoms with E-state index in [9.17, 15) is 14.9 Å². The number of nitrogens with zero attached hydrogens (tertiary/aromatic N) is 2. The topological polar surface area (TPSA) is 101 Å². The van der Waals surface area contributed by atoms with Crippen molar-refractivity contribution in [3.8, 4) is 0 Å². The van der Waals surface area contributed by atoms with Crippen LogP contribution in [0.1, 0.15) is 29.6 Å². The predicted octanol–water partition coefficient (Wildman–Crippen LogP) is 1.39. The molecule has 7 nitrogen and oxygen atoms in total. The molecule has 1 aliphatic rings. The number of nitrogens with one attached hydrogen (secondary N) is 1. The zero-order chi connectivity index (χ0) is 15.2. The Morgan fingerprint density at radius 1 is 1.38 bits per heavy atom. The maximum atomic E-state index is 12.0. The molecule has 1 aromatic rings. The van der Waals surface area contributed by atoms with Crippen LogP contribution in [-0.4, -0.2) is 41.9 Å². The van der Waals surface area contributed by atoms with E-state index in [1.54, 1.807) is 0 Å². The molecule has 1 fully saturated rings. The van der Waals surface area contributed by atoms with Gasteiger partial charge in [0.2, 0.25) is 0 Å². The zero-order valence-electron chi connectivity index (χ0n) is 11.9. The molecule has 0 aromatic heterocycles. The number of nitro groups is 1. The van der Waals surface area contributed by atoms with Gasteiger partial charge in [-0.1, -0.05) is 0 Å². The number of nitro benzene ring substituents is 1. The number of carbonyl (C=O) groups excluding carboxylic acids is 1. The van der Waals surface area contributed by atoms with Gasteiger partial charge in [-0.3, -0.25) is 14.9 Å². The summed E-state index contributed by atoms with van der Waals surface area (Å²) in [5.41, 5.74) is 5.72. The highest BCUT2D eigenvalue weighted by Gasteiger charge is 2.20. The molecule has 1 saturated heterocycles. The van der Waals surface area contributed by atoms with Crippen molar-refractivity contribution in [2.24, 2.45) is 0 Å². The van der Waals surface area contributed by atoms with Crippen LogP contribution in [0.2, 0.25) is 0 Å². The molecule has 0 saturated carbocycles. The minimum Gasteiger partial charge on any atom is -0.399 e. The molecule has 1 amide bonds. The second-order valence-electron chi connectivity index (χ2n) is 5.19. The van der Waals surface area contributed by atoms with Gasteiger partial charge in [-0.2, -0.15) is 0 Å². The SMILES string of the molecule is Nc1ccc([N+](=O)[O-])c(C(=O)NCCCN2CCCC2)c1. The van der Waals surface area contributed by atoms with Gasteiger partial charge in [0.25, 0.3) is 11.6 Å². The molecule has 1 aliphatic heterocycles. The number of nitrogens with two attached hydrogens (primary N) is 1. The Balaban J connectivity index is 1.87.